The Labute approximate surface area is 151 Å². The summed E-state index contributed by atoms with van der Waals surface area (Å²) in [5.41, 5.74) is 1.11. The lowest BCUT2D eigenvalue weighted by Crippen LogP contribution is -2.37. The van der Waals surface area contributed by atoms with E-state index in [-0.39, 0.29) is 0 Å². The number of nitrogens with one attached hydrogen (secondary N) is 2. The zero-order valence-corrected chi connectivity index (χ0v) is 15.8. The van der Waals surface area contributed by atoms with Crippen LogP contribution in [0.5, 0.6) is 5.75 Å². The molecule has 0 fully saturated rings. The number of likely N-dealkylation sites (N-methyl/N-ethyl adjacent to an activating group) is 1. The molecule has 0 bridgehead atoms. The number of methoxy groups -OCH3 is 1. The number of hydrogen-bond donors (Lipinski definition) is 2. The second-order valence-electron chi connectivity index (χ2n) is 5.66. The number of ether oxygens (including phenoxy) is 2. The number of guanidine groups is 1. The fraction of sp³-hybridized carbons (Fsp3) is 0.526. The molecule has 1 aromatic rings. The van der Waals surface area contributed by atoms with Crippen LogP contribution in [0.25, 0.3) is 0 Å². The minimum absolute atomic E-state index is 0.595. The Balaban J connectivity index is 2.49. The average molecular weight is 348 g/mol. The summed E-state index contributed by atoms with van der Waals surface area (Å²) in [6, 6.07) is 8.07. The standard InChI is InChI=1S/C19H32N4O2/c1-5-10-21-19(20-6-2)22-16-17-8-7-9-18(15-17)25-14-12-23(3)11-13-24-4/h5,7-9,15H,1,6,10-14,16H2,2-4H3,(H2,20,21,22). The van der Waals surface area contributed by atoms with Crippen molar-refractivity contribution in [1.29, 1.82) is 0 Å². The van der Waals surface area contributed by atoms with Crippen molar-refractivity contribution in [2.24, 2.45) is 4.99 Å². The van der Waals surface area contributed by atoms with E-state index in [1.54, 1.807) is 7.11 Å². The van der Waals surface area contributed by atoms with Gasteiger partial charge in [0.25, 0.3) is 0 Å². The molecule has 0 unspecified atom stereocenters. The zero-order valence-electron chi connectivity index (χ0n) is 15.8. The van der Waals surface area contributed by atoms with Crippen LogP contribution in [-0.4, -0.2) is 64.4 Å². The molecule has 0 aliphatic rings. The molecule has 1 aromatic carbocycles. The van der Waals surface area contributed by atoms with Gasteiger partial charge in [-0.15, -0.1) is 6.58 Å². The maximum Gasteiger partial charge on any atom is 0.191 e. The molecular weight excluding hydrogens is 316 g/mol. The van der Waals surface area contributed by atoms with E-state index >= 15 is 0 Å². The first-order valence-corrected chi connectivity index (χ1v) is 8.71. The first-order valence-electron chi connectivity index (χ1n) is 8.71. The molecule has 1 rings (SSSR count). The summed E-state index contributed by atoms with van der Waals surface area (Å²) in [6.45, 7) is 11.0. The summed E-state index contributed by atoms with van der Waals surface area (Å²) in [7, 11) is 3.78. The van der Waals surface area contributed by atoms with E-state index in [0.29, 0.717) is 19.7 Å². The lowest BCUT2D eigenvalue weighted by atomic mass is 10.2. The number of benzene rings is 1. The van der Waals surface area contributed by atoms with Crippen LogP contribution in [0.15, 0.2) is 41.9 Å². The zero-order chi connectivity index (χ0) is 18.3. The van der Waals surface area contributed by atoms with Gasteiger partial charge in [0.15, 0.2) is 5.96 Å². The summed E-state index contributed by atoms with van der Waals surface area (Å²) < 4.78 is 10.9. The van der Waals surface area contributed by atoms with Crippen LogP contribution in [0.4, 0.5) is 0 Å². The van der Waals surface area contributed by atoms with Crippen LogP contribution >= 0.6 is 0 Å². The van der Waals surface area contributed by atoms with Crippen molar-refractivity contribution < 1.29 is 9.47 Å². The van der Waals surface area contributed by atoms with Crippen molar-refractivity contribution in [2.75, 3.05) is 53.6 Å². The molecular formula is C19H32N4O2. The van der Waals surface area contributed by atoms with Crippen molar-refractivity contribution in [2.45, 2.75) is 13.5 Å². The summed E-state index contributed by atoms with van der Waals surface area (Å²) in [5.74, 6) is 1.66. The highest BCUT2D eigenvalue weighted by molar-refractivity contribution is 5.79. The largest absolute Gasteiger partial charge is 0.492 e. The molecule has 0 atom stereocenters. The SMILES string of the molecule is C=CCNC(=NCc1cccc(OCCN(C)CCOC)c1)NCC. The molecule has 2 N–H and O–H groups in total. The molecule has 0 saturated carbocycles. The number of nitrogens with zero attached hydrogens (tertiary/aromatic N) is 2. The maximum atomic E-state index is 5.84. The molecule has 0 aliphatic carbocycles. The number of aliphatic imine (C=N–C) groups is 1. The molecule has 0 saturated heterocycles. The van der Waals surface area contributed by atoms with Crippen LogP contribution in [0.1, 0.15) is 12.5 Å². The van der Waals surface area contributed by atoms with Crippen molar-refractivity contribution in [1.82, 2.24) is 15.5 Å². The van der Waals surface area contributed by atoms with Gasteiger partial charge in [-0.1, -0.05) is 18.2 Å². The summed E-state index contributed by atoms with van der Waals surface area (Å²) in [4.78, 5) is 6.76. The number of hydrogen-bond acceptors (Lipinski definition) is 4. The van der Waals surface area contributed by atoms with Crippen molar-refractivity contribution >= 4 is 5.96 Å². The third-order valence-electron chi connectivity index (χ3n) is 3.50. The highest BCUT2D eigenvalue weighted by Crippen LogP contribution is 2.14. The summed E-state index contributed by atoms with van der Waals surface area (Å²) in [5, 5.41) is 6.40. The molecule has 0 spiro atoms. The second kappa shape index (κ2) is 13.3. The van der Waals surface area contributed by atoms with Gasteiger partial charge in [0.2, 0.25) is 0 Å². The monoisotopic (exact) mass is 348 g/mol. The Kier molecular flexibility index (Phi) is 11.1. The predicted octanol–water partition coefficient (Wildman–Crippen LogP) is 1.88. The summed E-state index contributed by atoms with van der Waals surface area (Å²) >= 11 is 0. The summed E-state index contributed by atoms with van der Waals surface area (Å²) in [6.07, 6.45) is 1.81. The van der Waals surface area contributed by atoms with Crippen LogP contribution in [0.3, 0.4) is 0 Å². The molecule has 0 amide bonds. The molecule has 0 radical (unpaired) electrons. The van der Waals surface area contributed by atoms with Gasteiger partial charge >= 0.3 is 0 Å². The Morgan fingerprint density at radius 1 is 1.28 bits per heavy atom. The second-order valence-corrected chi connectivity index (χ2v) is 5.66. The van der Waals surface area contributed by atoms with Gasteiger partial charge < -0.3 is 25.0 Å². The predicted molar refractivity (Wildman–Crippen MR) is 104 cm³/mol. The quantitative estimate of drug-likeness (QED) is 0.343. The van der Waals surface area contributed by atoms with Gasteiger partial charge in [0.1, 0.15) is 12.4 Å². The lowest BCUT2D eigenvalue weighted by molar-refractivity contribution is 0.150. The molecule has 0 heterocycles. The van der Waals surface area contributed by atoms with Gasteiger partial charge in [-0.2, -0.15) is 0 Å². The topological polar surface area (TPSA) is 58.1 Å². The smallest absolute Gasteiger partial charge is 0.191 e. The van der Waals surface area contributed by atoms with Crippen LogP contribution < -0.4 is 15.4 Å². The first kappa shape index (κ1) is 21.0. The van der Waals surface area contributed by atoms with Crippen molar-refractivity contribution in [3.8, 4) is 5.75 Å². The average Bonchev–Trinajstić information content (AvgIpc) is 2.62. The van der Waals surface area contributed by atoms with E-state index in [1.807, 2.05) is 31.2 Å². The first-order chi connectivity index (χ1) is 12.2. The Morgan fingerprint density at radius 2 is 2.08 bits per heavy atom. The van der Waals surface area contributed by atoms with Crippen LogP contribution in [-0.2, 0) is 11.3 Å². The molecule has 6 heteroatoms. The highest BCUT2D eigenvalue weighted by atomic mass is 16.5. The van der Waals surface area contributed by atoms with E-state index in [4.69, 9.17) is 9.47 Å². The van der Waals surface area contributed by atoms with E-state index < -0.39 is 0 Å². The molecule has 6 nitrogen and oxygen atoms in total. The minimum atomic E-state index is 0.595. The fourth-order valence-corrected chi connectivity index (χ4v) is 2.09. The molecule has 140 valence electrons. The number of rotatable bonds is 12. The molecule has 25 heavy (non-hydrogen) atoms. The van der Waals surface area contributed by atoms with Gasteiger partial charge in [0, 0.05) is 33.3 Å². The van der Waals surface area contributed by atoms with E-state index in [9.17, 15) is 0 Å². The van der Waals surface area contributed by atoms with Crippen molar-refractivity contribution in [3.63, 3.8) is 0 Å². The van der Waals surface area contributed by atoms with Gasteiger partial charge in [-0.25, -0.2) is 4.99 Å². The fourth-order valence-electron chi connectivity index (χ4n) is 2.09. The van der Waals surface area contributed by atoms with E-state index in [1.165, 1.54) is 0 Å². The molecule has 0 aromatic heterocycles. The van der Waals surface area contributed by atoms with Gasteiger partial charge in [0.05, 0.1) is 13.2 Å². The van der Waals surface area contributed by atoms with Crippen LogP contribution in [0.2, 0.25) is 0 Å². The highest BCUT2D eigenvalue weighted by Gasteiger charge is 2.01. The third kappa shape index (κ3) is 9.74. The van der Waals surface area contributed by atoms with Crippen molar-refractivity contribution in [3.05, 3.63) is 42.5 Å². The Hall–Kier alpha value is -2.05. The lowest BCUT2D eigenvalue weighted by Gasteiger charge is -2.16. The maximum absolute atomic E-state index is 5.84. The van der Waals surface area contributed by atoms with Gasteiger partial charge in [-0.3, -0.25) is 0 Å². The normalized spacial score (nSPS) is 11.4. The third-order valence-corrected chi connectivity index (χ3v) is 3.50. The van der Waals surface area contributed by atoms with E-state index in [0.717, 1.165) is 43.5 Å². The van der Waals surface area contributed by atoms with E-state index in [2.05, 4.69) is 40.2 Å². The Bertz CT molecular complexity index is 520. The van der Waals surface area contributed by atoms with Crippen LogP contribution in [0, 0.1) is 0 Å². The molecule has 0 aliphatic heterocycles. The Morgan fingerprint density at radius 3 is 2.80 bits per heavy atom. The minimum Gasteiger partial charge on any atom is -0.492 e. The van der Waals surface area contributed by atoms with Gasteiger partial charge in [-0.05, 0) is 31.7 Å².